The molecule has 1 heterocycles. The number of methoxy groups -OCH3 is 1. The third kappa shape index (κ3) is 2.62. The van der Waals surface area contributed by atoms with Crippen LogP contribution in [0.5, 0.6) is 5.88 Å². The fraction of sp³-hybridized carbons (Fsp3) is 0.615. The molecule has 0 unspecified atom stereocenters. The Hall–Kier alpha value is -1.45. The lowest BCUT2D eigenvalue weighted by atomic mass is 9.85. The molecule has 0 aliphatic heterocycles. The number of aromatic nitrogens is 1. The summed E-state index contributed by atoms with van der Waals surface area (Å²) in [5.74, 6) is 1.49. The number of ether oxygens (including phenoxy) is 1. The predicted octanol–water partition coefficient (Wildman–Crippen LogP) is 2.37. The van der Waals surface area contributed by atoms with Crippen molar-refractivity contribution in [2.24, 2.45) is 5.92 Å². The van der Waals surface area contributed by atoms with Gasteiger partial charge in [0.05, 0.1) is 12.8 Å². The number of nitrogens with one attached hydrogen (secondary N) is 1. The average molecular weight is 235 g/mol. The monoisotopic (exact) mass is 235 g/mol. The fourth-order valence-corrected chi connectivity index (χ4v) is 2.07. The summed E-state index contributed by atoms with van der Waals surface area (Å²) in [6, 6.07) is 2.01. The Morgan fingerprint density at radius 1 is 1.47 bits per heavy atom. The van der Waals surface area contributed by atoms with Gasteiger partial charge in [0.1, 0.15) is 5.69 Å². The van der Waals surface area contributed by atoms with Crippen LogP contribution in [0.1, 0.15) is 19.3 Å². The molecule has 0 saturated heterocycles. The van der Waals surface area contributed by atoms with Gasteiger partial charge in [-0.25, -0.2) is 4.98 Å². The lowest BCUT2D eigenvalue weighted by Crippen LogP contribution is -2.22. The van der Waals surface area contributed by atoms with Crippen LogP contribution in [-0.4, -0.2) is 32.7 Å². The van der Waals surface area contributed by atoms with Crippen molar-refractivity contribution in [3.05, 3.63) is 12.3 Å². The SMILES string of the molecule is COc1nccc(N(C)C)c1NCC1CCC1. The van der Waals surface area contributed by atoms with E-state index in [1.807, 2.05) is 20.2 Å². The zero-order chi connectivity index (χ0) is 12.3. The second kappa shape index (κ2) is 5.25. The molecule has 1 aromatic heterocycles. The van der Waals surface area contributed by atoms with Crippen molar-refractivity contribution in [1.82, 2.24) is 4.98 Å². The molecule has 4 nitrogen and oxygen atoms in total. The van der Waals surface area contributed by atoms with E-state index in [1.54, 1.807) is 13.3 Å². The molecule has 1 fully saturated rings. The van der Waals surface area contributed by atoms with E-state index in [0.717, 1.165) is 23.8 Å². The van der Waals surface area contributed by atoms with E-state index < -0.39 is 0 Å². The minimum absolute atomic E-state index is 0.676. The van der Waals surface area contributed by atoms with Crippen LogP contribution in [0.3, 0.4) is 0 Å². The summed E-state index contributed by atoms with van der Waals surface area (Å²) in [6.07, 6.45) is 5.83. The van der Waals surface area contributed by atoms with E-state index >= 15 is 0 Å². The Morgan fingerprint density at radius 3 is 2.76 bits per heavy atom. The Labute approximate surface area is 103 Å². The number of rotatable bonds is 5. The summed E-state index contributed by atoms with van der Waals surface area (Å²) >= 11 is 0. The van der Waals surface area contributed by atoms with Gasteiger partial charge in [0, 0.05) is 26.8 Å². The molecule has 17 heavy (non-hydrogen) atoms. The molecule has 4 heteroatoms. The molecule has 0 spiro atoms. The van der Waals surface area contributed by atoms with Crippen molar-refractivity contribution in [3.8, 4) is 5.88 Å². The van der Waals surface area contributed by atoms with E-state index in [1.165, 1.54) is 19.3 Å². The van der Waals surface area contributed by atoms with Gasteiger partial charge < -0.3 is 15.0 Å². The summed E-state index contributed by atoms with van der Waals surface area (Å²) in [7, 11) is 5.73. The number of pyridine rings is 1. The first-order valence-electron chi connectivity index (χ1n) is 6.16. The average Bonchev–Trinajstić information content (AvgIpc) is 2.26. The van der Waals surface area contributed by atoms with Gasteiger partial charge in [-0.15, -0.1) is 0 Å². The quantitative estimate of drug-likeness (QED) is 0.850. The van der Waals surface area contributed by atoms with E-state index in [0.29, 0.717) is 5.88 Å². The molecule has 1 saturated carbocycles. The first kappa shape index (κ1) is 12.0. The molecule has 0 atom stereocenters. The molecular formula is C13H21N3O. The second-order valence-electron chi connectivity index (χ2n) is 4.79. The van der Waals surface area contributed by atoms with Gasteiger partial charge in [-0.05, 0) is 24.8 Å². The fourth-order valence-electron chi connectivity index (χ4n) is 2.07. The number of anilines is 2. The summed E-state index contributed by atoms with van der Waals surface area (Å²) in [4.78, 5) is 6.33. The van der Waals surface area contributed by atoms with E-state index in [-0.39, 0.29) is 0 Å². The van der Waals surface area contributed by atoms with Crippen molar-refractivity contribution < 1.29 is 4.74 Å². The molecule has 1 aliphatic carbocycles. The topological polar surface area (TPSA) is 37.4 Å². The maximum Gasteiger partial charge on any atom is 0.239 e. The second-order valence-corrected chi connectivity index (χ2v) is 4.79. The van der Waals surface area contributed by atoms with Crippen molar-refractivity contribution >= 4 is 11.4 Å². The van der Waals surface area contributed by atoms with Crippen molar-refractivity contribution in [2.45, 2.75) is 19.3 Å². The van der Waals surface area contributed by atoms with Gasteiger partial charge in [0.15, 0.2) is 0 Å². The number of hydrogen-bond donors (Lipinski definition) is 1. The third-order valence-corrected chi connectivity index (χ3v) is 3.36. The van der Waals surface area contributed by atoms with Gasteiger partial charge >= 0.3 is 0 Å². The minimum atomic E-state index is 0.676. The van der Waals surface area contributed by atoms with Gasteiger partial charge in [-0.1, -0.05) is 6.42 Å². The minimum Gasteiger partial charge on any atom is -0.479 e. The molecule has 2 rings (SSSR count). The molecule has 0 bridgehead atoms. The molecule has 94 valence electrons. The Bertz CT molecular complexity index is 375. The van der Waals surface area contributed by atoms with Gasteiger partial charge in [-0.2, -0.15) is 0 Å². The maximum atomic E-state index is 5.32. The molecule has 0 amide bonds. The molecule has 1 N–H and O–H groups in total. The lowest BCUT2D eigenvalue weighted by Gasteiger charge is -2.27. The van der Waals surface area contributed by atoms with Crippen LogP contribution in [-0.2, 0) is 0 Å². The van der Waals surface area contributed by atoms with E-state index in [2.05, 4.69) is 15.2 Å². The Balaban J connectivity index is 2.15. The van der Waals surface area contributed by atoms with Crippen LogP contribution >= 0.6 is 0 Å². The maximum absolute atomic E-state index is 5.32. The van der Waals surface area contributed by atoms with Gasteiger partial charge in [0.2, 0.25) is 5.88 Å². The highest BCUT2D eigenvalue weighted by atomic mass is 16.5. The standard InChI is InChI=1S/C13H21N3O/c1-16(2)11-7-8-14-13(17-3)12(11)15-9-10-5-4-6-10/h7-8,10,15H,4-6,9H2,1-3H3. The van der Waals surface area contributed by atoms with Gasteiger partial charge in [-0.3, -0.25) is 0 Å². The molecule has 1 aliphatic rings. The Morgan fingerprint density at radius 2 is 2.24 bits per heavy atom. The van der Waals surface area contributed by atoms with Crippen molar-refractivity contribution in [3.63, 3.8) is 0 Å². The summed E-state index contributed by atoms with van der Waals surface area (Å²) in [5, 5.41) is 3.49. The van der Waals surface area contributed by atoms with Crippen LogP contribution in [0, 0.1) is 5.92 Å². The molecular weight excluding hydrogens is 214 g/mol. The van der Waals surface area contributed by atoms with Crippen LogP contribution in [0.4, 0.5) is 11.4 Å². The Kier molecular flexibility index (Phi) is 3.71. The first-order chi connectivity index (χ1) is 8.22. The van der Waals surface area contributed by atoms with E-state index in [9.17, 15) is 0 Å². The van der Waals surface area contributed by atoms with Crippen molar-refractivity contribution in [2.75, 3.05) is 38.0 Å². The molecule has 0 radical (unpaired) electrons. The zero-order valence-corrected chi connectivity index (χ0v) is 10.9. The van der Waals surface area contributed by atoms with Crippen LogP contribution in [0.25, 0.3) is 0 Å². The smallest absolute Gasteiger partial charge is 0.239 e. The van der Waals surface area contributed by atoms with Crippen LogP contribution in [0.15, 0.2) is 12.3 Å². The highest BCUT2D eigenvalue weighted by Crippen LogP contribution is 2.34. The largest absolute Gasteiger partial charge is 0.479 e. The highest BCUT2D eigenvalue weighted by molar-refractivity contribution is 5.74. The summed E-state index contributed by atoms with van der Waals surface area (Å²) in [6.45, 7) is 1.02. The summed E-state index contributed by atoms with van der Waals surface area (Å²) < 4.78 is 5.32. The predicted molar refractivity (Wildman–Crippen MR) is 70.9 cm³/mol. The highest BCUT2D eigenvalue weighted by Gasteiger charge is 2.19. The lowest BCUT2D eigenvalue weighted by molar-refractivity contribution is 0.332. The van der Waals surface area contributed by atoms with E-state index in [4.69, 9.17) is 4.74 Å². The third-order valence-electron chi connectivity index (χ3n) is 3.36. The van der Waals surface area contributed by atoms with Crippen LogP contribution < -0.4 is 15.0 Å². The molecule has 0 aromatic carbocycles. The van der Waals surface area contributed by atoms with Crippen molar-refractivity contribution in [1.29, 1.82) is 0 Å². The van der Waals surface area contributed by atoms with Crippen LogP contribution in [0.2, 0.25) is 0 Å². The van der Waals surface area contributed by atoms with Gasteiger partial charge in [0.25, 0.3) is 0 Å². The normalized spacial score (nSPS) is 15.2. The molecule has 1 aromatic rings. The first-order valence-corrected chi connectivity index (χ1v) is 6.16. The summed E-state index contributed by atoms with van der Waals surface area (Å²) in [5.41, 5.74) is 2.13. The number of nitrogens with zero attached hydrogens (tertiary/aromatic N) is 2. The number of hydrogen-bond acceptors (Lipinski definition) is 4. The zero-order valence-electron chi connectivity index (χ0n) is 10.9.